The molecule has 0 aliphatic carbocycles. The Hall–Kier alpha value is -0.680. The highest BCUT2D eigenvalue weighted by Crippen LogP contribution is 2.22. The molecule has 0 atom stereocenters. The second-order valence-electron chi connectivity index (χ2n) is 4.76. The second-order valence-corrected chi connectivity index (χ2v) is 5.61. The van der Waals surface area contributed by atoms with Crippen LogP contribution in [0.2, 0.25) is 0 Å². The van der Waals surface area contributed by atoms with Crippen molar-refractivity contribution in [3.8, 4) is 0 Å². The first-order chi connectivity index (χ1) is 8.57. The number of hydrogen-bond donors (Lipinski definition) is 1. The van der Waals surface area contributed by atoms with Crippen LogP contribution in [0.1, 0.15) is 62.5 Å². The first-order valence-corrected chi connectivity index (χ1v) is 7.33. The van der Waals surface area contributed by atoms with Crippen LogP contribution in [0.3, 0.4) is 0 Å². The number of hydrogen-bond acceptors (Lipinski definition) is 3. The Morgan fingerprint density at radius 2 is 2.06 bits per heavy atom. The van der Waals surface area contributed by atoms with Crippen LogP contribution >= 0.6 is 15.9 Å². The van der Waals surface area contributed by atoms with Crippen LogP contribution in [0.25, 0.3) is 0 Å². The number of carbonyl (C=O) groups excluding carboxylic acids is 1. The summed E-state index contributed by atoms with van der Waals surface area (Å²) in [5, 5.41) is 4.23. The summed E-state index contributed by atoms with van der Waals surface area (Å²) in [6, 6.07) is 0.201. The third kappa shape index (κ3) is 4.21. The maximum Gasteiger partial charge on any atom is 0.182 e. The molecule has 5 heteroatoms. The molecule has 0 amide bonds. The molecule has 0 spiro atoms. The molecule has 18 heavy (non-hydrogen) atoms. The lowest BCUT2D eigenvalue weighted by Gasteiger charge is -2.10. The average molecular weight is 316 g/mol. The third-order valence-electron chi connectivity index (χ3n) is 2.86. The van der Waals surface area contributed by atoms with E-state index in [0.717, 1.165) is 36.7 Å². The topological polar surface area (TPSA) is 60.9 Å². The van der Waals surface area contributed by atoms with Crippen molar-refractivity contribution in [1.29, 1.82) is 0 Å². The van der Waals surface area contributed by atoms with Gasteiger partial charge in [0.2, 0.25) is 0 Å². The molecule has 1 aromatic heterocycles. The van der Waals surface area contributed by atoms with Crippen molar-refractivity contribution < 1.29 is 4.79 Å². The van der Waals surface area contributed by atoms with E-state index in [9.17, 15) is 4.79 Å². The number of nitrogens with two attached hydrogens (primary N) is 1. The molecular formula is C13H22BrN3O. The molecule has 1 heterocycles. The number of unbranched alkanes of at least 4 members (excludes halogenated alkanes) is 3. The molecule has 0 radical (unpaired) electrons. The Labute approximate surface area is 117 Å². The Bertz CT molecular complexity index is 388. The zero-order chi connectivity index (χ0) is 13.5. The first kappa shape index (κ1) is 15.4. The van der Waals surface area contributed by atoms with Gasteiger partial charge in [0.15, 0.2) is 5.78 Å². The largest absolute Gasteiger partial charge is 0.330 e. The van der Waals surface area contributed by atoms with Crippen LogP contribution in [0.5, 0.6) is 0 Å². The van der Waals surface area contributed by atoms with Gasteiger partial charge in [0.05, 0.1) is 10.7 Å². The summed E-state index contributed by atoms with van der Waals surface area (Å²) in [7, 11) is 0. The normalized spacial score (nSPS) is 11.2. The van der Waals surface area contributed by atoms with E-state index in [1.54, 1.807) is 10.9 Å². The van der Waals surface area contributed by atoms with Gasteiger partial charge < -0.3 is 5.73 Å². The van der Waals surface area contributed by atoms with Crippen LogP contribution in [0, 0.1) is 0 Å². The molecule has 0 fully saturated rings. The highest BCUT2D eigenvalue weighted by molar-refractivity contribution is 9.10. The number of halogens is 1. The quantitative estimate of drug-likeness (QED) is 0.591. The van der Waals surface area contributed by atoms with Gasteiger partial charge in [-0.25, -0.2) is 0 Å². The van der Waals surface area contributed by atoms with Gasteiger partial charge in [0.25, 0.3) is 0 Å². The fraction of sp³-hybridized carbons (Fsp3) is 0.692. The van der Waals surface area contributed by atoms with Crippen molar-refractivity contribution in [1.82, 2.24) is 9.78 Å². The molecule has 0 aliphatic rings. The highest BCUT2D eigenvalue weighted by atomic mass is 79.9. The van der Waals surface area contributed by atoms with E-state index in [0.29, 0.717) is 12.1 Å². The minimum atomic E-state index is 0.167. The van der Waals surface area contributed by atoms with Gasteiger partial charge in [0.1, 0.15) is 5.69 Å². The highest BCUT2D eigenvalue weighted by Gasteiger charge is 2.18. The summed E-state index contributed by atoms with van der Waals surface area (Å²) in [5.74, 6) is 0.167. The van der Waals surface area contributed by atoms with E-state index in [4.69, 9.17) is 5.73 Å². The molecule has 0 bridgehead atoms. The van der Waals surface area contributed by atoms with Gasteiger partial charge in [-0.1, -0.05) is 12.8 Å². The number of carbonyl (C=O) groups is 1. The van der Waals surface area contributed by atoms with Gasteiger partial charge in [-0.15, -0.1) is 0 Å². The van der Waals surface area contributed by atoms with Gasteiger partial charge >= 0.3 is 0 Å². The van der Waals surface area contributed by atoms with Crippen molar-refractivity contribution >= 4 is 21.7 Å². The van der Waals surface area contributed by atoms with Crippen LogP contribution in [-0.4, -0.2) is 22.1 Å². The van der Waals surface area contributed by atoms with Gasteiger partial charge in [-0.2, -0.15) is 5.10 Å². The van der Waals surface area contributed by atoms with Crippen molar-refractivity contribution in [2.75, 3.05) is 6.54 Å². The first-order valence-electron chi connectivity index (χ1n) is 6.54. The fourth-order valence-electron chi connectivity index (χ4n) is 1.90. The van der Waals surface area contributed by atoms with Gasteiger partial charge in [-0.05, 0) is 49.2 Å². The Morgan fingerprint density at radius 1 is 1.39 bits per heavy atom. The lowest BCUT2D eigenvalue weighted by atomic mass is 10.1. The maximum absolute atomic E-state index is 12.2. The molecule has 1 aromatic rings. The van der Waals surface area contributed by atoms with Crippen molar-refractivity contribution in [2.24, 2.45) is 5.73 Å². The number of nitrogens with zero attached hydrogens (tertiary/aromatic N) is 2. The molecule has 2 N–H and O–H groups in total. The van der Waals surface area contributed by atoms with Gasteiger partial charge in [-0.3, -0.25) is 9.48 Å². The molecule has 0 saturated heterocycles. The van der Waals surface area contributed by atoms with Crippen LogP contribution in [-0.2, 0) is 0 Å². The minimum Gasteiger partial charge on any atom is -0.330 e. The van der Waals surface area contributed by atoms with E-state index >= 15 is 0 Å². The Morgan fingerprint density at radius 3 is 2.67 bits per heavy atom. The maximum atomic E-state index is 12.2. The van der Waals surface area contributed by atoms with Crippen LogP contribution < -0.4 is 5.73 Å². The third-order valence-corrected chi connectivity index (χ3v) is 3.44. The van der Waals surface area contributed by atoms with Crippen molar-refractivity contribution in [3.05, 3.63) is 16.4 Å². The average Bonchev–Trinajstić information content (AvgIpc) is 2.71. The number of aromatic nitrogens is 2. The Kier molecular flexibility index (Phi) is 6.57. The summed E-state index contributed by atoms with van der Waals surface area (Å²) in [5.41, 5.74) is 6.13. The lowest BCUT2D eigenvalue weighted by Crippen LogP contribution is -2.13. The fourth-order valence-corrected chi connectivity index (χ4v) is 2.39. The SMILES string of the molecule is CC(C)n1ncc(Br)c1C(=O)CCCCCCN. The van der Waals surface area contributed by atoms with Crippen molar-refractivity contribution in [3.63, 3.8) is 0 Å². The number of Topliss-reactive ketones (excluding diaryl/α,β-unsaturated/α-hetero) is 1. The molecule has 0 unspecified atom stereocenters. The predicted molar refractivity (Wildman–Crippen MR) is 76.8 cm³/mol. The minimum absolute atomic E-state index is 0.167. The van der Waals surface area contributed by atoms with Crippen LogP contribution in [0.15, 0.2) is 10.7 Å². The summed E-state index contributed by atoms with van der Waals surface area (Å²) >= 11 is 3.40. The van der Waals surface area contributed by atoms with Gasteiger partial charge in [0, 0.05) is 12.5 Å². The van der Waals surface area contributed by atoms with E-state index in [1.807, 2.05) is 13.8 Å². The number of ketones is 1. The Balaban J connectivity index is 2.53. The summed E-state index contributed by atoms with van der Waals surface area (Å²) in [6.45, 7) is 4.79. The molecule has 4 nitrogen and oxygen atoms in total. The molecule has 102 valence electrons. The van der Waals surface area contributed by atoms with E-state index in [-0.39, 0.29) is 11.8 Å². The molecule has 0 aromatic carbocycles. The van der Waals surface area contributed by atoms with Crippen LogP contribution in [0.4, 0.5) is 0 Å². The van der Waals surface area contributed by atoms with E-state index in [2.05, 4.69) is 21.0 Å². The second kappa shape index (κ2) is 7.69. The van der Waals surface area contributed by atoms with E-state index in [1.165, 1.54) is 0 Å². The number of rotatable bonds is 8. The lowest BCUT2D eigenvalue weighted by molar-refractivity contribution is 0.0966. The standard InChI is InChI=1S/C13H22BrN3O/c1-10(2)17-13(11(14)9-16-17)12(18)7-5-3-4-6-8-15/h9-10H,3-8,15H2,1-2H3. The zero-order valence-corrected chi connectivity index (χ0v) is 12.7. The summed E-state index contributed by atoms with van der Waals surface area (Å²) < 4.78 is 2.58. The molecule has 0 saturated carbocycles. The predicted octanol–water partition coefficient (Wildman–Crippen LogP) is 3.32. The smallest absolute Gasteiger partial charge is 0.182 e. The molecule has 1 rings (SSSR count). The monoisotopic (exact) mass is 315 g/mol. The summed E-state index contributed by atoms with van der Waals surface area (Å²) in [6.07, 6.45) is 6.42. The van der Waals surface area contributed by atoms with E-state index < -0.39 is 0 Å². The molecular weight excluding hydrogens is 294 g/mol. The molecule has 0 aliphatic heterocycles. The summed E-state index contributed by atoms with van der Waals surface area (Å²) in [4.78, 5) is 12.2. The van der Waals surface area contributed by atoms with Crippen molar-refractivity contribution in [2.45, 2.75) is 52.0 Å². The zero-order valence-electron chi connectivity index (χ0n) is 11.2.